The number of aromatic nitrogens is 2. The Labute approximate surface area is 199 Å². The third-order valence-electron chi connectivity index (χ3n) is 6.52. The summed E-state index contributed by atoms with van der Waals surface area (Å²) in [5.74, 6) is -0.0215. The predicted molar refractivity (Wildman–Crippen MR) is 127 cm³/mol. The van der Waals surface area contributed by atoms with Crippen molar-refractivity contribution >= 4 is 27.6 Å². The Morgan fingerprint density at radius 2 is 1.97 bits per heavy atom. The lowest BCUT2D eigenvalue weighted by atomic mass is 9.96. The van der Waals surface area contributed by atoms with Gasteiger partial charge in [0.25, 0.3) is 0 Å². The number of urea groups is 1. The van der Waals surface area contributed by atoms with Gasteiger partial charge in [0.1, 0.15) is 10.7 Å². The molecule has 1 unspecified atom stereocenters. The largest absolute Gasteiger partial charge is 0.396 e. The molecule has 1 aromatic carbocycles. The van der Waals surface area contributed by atoms with Crippen molar-refractivity contribution in [3.63, 3.8) is 0 Å². The summed E-state index contributed by atoms with van der Waals surface area (Å²) in [6.45, 7) is 2.06. The maximum Gasteiger partial charge on any atom is 0.324 e. The number of sulfonamides is 1. The van der Waals surface area contributed by atoms with Crippen molar-refractivity contribution in [2.45, 2.75) is 17.7 Å². The number of aliphatic hydroxyl groups is 1. The average molecular weight is 490 g/mol. The van der Waals surface area contributed by atoms with Gasteiger partial charge in [-0.05, 0) is 30.9 Å². The Morgan fingerprint density at radius 3 is 2.59 bits per heavy atom. The standard InChI is InChI=1S/C22H31N7O4S/c1-26-14-20(10-25-26)34(32,33)28-7-5-16(6-8-28)11-27-12-17(15-30)13-29(22(27)31)19-4-2-3-18(9-19)21(23)24/h2-4,9-10,14,16-17,30H,5-8,11-13,15H2,1H3,(H3,23,24). The number of anilines is 1. The molecule has 2 saturated heterocycles. The van der Waals surface area contributed by atoms with E-state index in [0.717, 1.165) is 0 Å². The molecule has 1 atom stereocenters. The van der Waals surface area contributed by atoms with Gasteiger partial charge in [-0.2, -0.15) is 9.40 Å². The highest BCUT2D eigenvalue weighted by Crippen LogP contribution is 2.28. The molecule has 2 aliphatic heterocycles. The van der Waals surface area contributed by atoms with Gasteiger partial charge >= 0.3 is 6.03 Å². The molecular formula is C22H31N7O4S. The molecule has 4 N–H and O–H groups in total. The van der Waals surface area contributed by atoms with E-state index in [9.17, 15) is 18.3 Å². The number of carbonyl (C=O) groups is 1. The van der Waals surface area contributed by atoms with E-state index in [1.807, 2.05) is 0 Å². The van der Waals surface area contributed by atoms with Crippen molar-refractivity contribution in [1.82, 2.24) is 19.0 Å². The van der Waals surface area contributed by atoms with Crippen molar-refractivity contribution < 1.29 is 18.3 Å². The number of nitrogens with one attached hydrogen (secondary N) is 1. The van der Waals surface area contributed by atoms with Gasteiger partial charge in [0.2, 0.25) is 10.0 Å². The molecule has 3 heterocycles. The van der Waals surface area contributed by atoms with Crippen molar-refractivity contribution in [2.75, 3.05) is 44.2 Å². The highest BCUT2D eigenvalue weighted by Gasteiger charge is 2.36. The van der Waals surface area contributed by atoms with E-state index in [1.54, 1.807) is 41.1 Å². The fourth-order valence-electron chi connectivity index (χ4n) is 4.60. The van der Waals surface area contributed by atoms with Crippen LogP contribution in [0.4, 0.5) is 10.5 Å². The number of piperidine rings is 1. The number of hydrogen-bond acceptors (Lipinski definition) is 6. The molecule has 2 fully saturated rings. The van der Waals surface area contributed by atoms with Gasteiger partial charge in [0.05, 0.1) is 6.20 Å². The molecule has 2 aliphatic rings. The van der Waals surface area contributed by atoms with E-state index in [1.165, 1.54) is 21.4 Å². The highest BCUT2D eigenvalue weighted by molar-refractivity contribution is 7.89. The van der Waals surface area contributed by atoms with Gasteiger partial charge < -0.3 is 15.7 Å². The first kappa shape index (κ1) is 24.2. The first-order valence-corrected chi connectivity index (χ1v) is 12.7. The second-order valence-electron chi connectivity index (χ2n) is 9.01. The fourth-order valence-corrected chi connectivity index (χ4v) is 6.06. The maximum atomic E-state index is 13.3. The summed E-state index contributed by atoms with van der Waals surface area (Å²) in [7, 11) is -1.90. The second kappa shape index (κ2) is 9.72. The van der Waals surface area contributed by atoms with Gasteiger partial charge in [-0.3, -0.25) is 15.0 Å². The van der Waals surface area contributed by atoms with Crippen molar-refractivity contribution in [2.24, 2.45) is 24.6 Å². The molecule has 1 aromatic heterocycles. The highest BCUT2D eigenvalue weighted by atomic mass is 32.2. The van der Waals surface area contributed by atoms with E-state index in [-0.39, 0.29) is 35.2 Å². The Hall–Kier alpha value is -2.96. The molecule has 11 nitrogen and oxygen atoms in total. The Bertz CT molecular complexity index is 1160. The van der Waals surface area contributed by atoms with E-state index in [0.29, 0.717) is 56.8 Å². The molecule has 34 heavy (non-hydrogen) atoms. The minimum atomic E-state index is -3.58. The van der Waals surface area contributed by atoms with Crippen LogP contribution in [0.2, 0.25) is 0 Å². The van der Waals surface area contributed by atoms with Gasteiger partial charge in [-0.1, -0.05) is 12.1 Å². The van der Waals surface area contributed by atoms with Gasteiger partial charge in [0, 0.05) is 69.7 Å². The molecule has 2 amide bonds. The topological polar surface area (TPSA) is 149 Å². The molecule has 0 spiro atoms. The zero-order valence-electron chi connectivity index (χ0n) is 19.2. The second-order valence-corrected chi connectivity index (χ2v) is 10.9. The van der Waals surface area contributed by atoms with E-state index in [4.69, 9.17) is 11.1 Å². The molecule has 184 valence electrons. The SMILES string of the molecule is Cn1cc(S(=O)(=O)N2CCC(CN3CC(CO)CN(c4cccc(C(=N)N)c4)C3=O)CC2)cn1. The van der Waals surface area contributed by atoms with Crippen LogP contribution in [0.5, 0.6) is 0 Å². The molecule has 0 radical (unpaired) electrons. The average Bonchev–Trinajstić information content (AvgIpc) is 3.28. The number of nitrogens with zero attached hydrogens (tertiary/aromatic N) is 5. The summed E-state index contributed by atoms with van der Waals surface area (Å²) in [5, 5.41) is 21.5. The Morgan fingerprint density at radius 1 is 1.24 bits per heavy atom. The predicted octanol–water partition coefficient (Wildman–Crippen LogP) is 0.656. The number of hydrogen-bond donors (Lipinski definition) is 3. The van der Waals surface area contributed by atoms with Crippen molar-refractivity contribution in [3.05, 3.63) is 42.2 Å². The molecule has 0 aliphatic carbocycles. The molecule has 2 aromatic rings. The number of amides is 2. The molecule has 0 bridgehead atoms. The fraction of sp³-hybridized carbons (Fsp3) is 0.500. The van der Waals surface area contributed by atoms with Gasteiger partial charge in [-0.25, -0.2) is 13.2 Å². The number of nitrogens with two attached hydrogens (primary N) is 1. The van der Waals surface area contributed by atoms with E-state index >= 15 is 0 Å². The van der Waals surface area contributed by atoms with Crippen molar-refractivity contribution in [1.29, 1.82) is 5.41 Å². The third-order valence-corrected chi connectivity index (χ3v) is 8.37. The third kappa shape index (κ3) is 4.93. The number of rotatable bonds is 7. The monoisotopic (exact) mass is 489 g/mol. The number of aliphatic hydroxyl groups excluding tert-OH is 1. The summed E-state index contributed by atoms with van der Waals surface area (Å²) in [6, 6.07) is 6.82. The lowest BCUT2D eigenvalue weighted by molar-refractivity contribution is 0.128. The minimum Gasteiger partial charge on any atom is -0.396 e. The molecule has 4 rings (SSSR count). The van der Waals surface area contributed by atoms with Crippen LogP contribution in [0, 0.1) is 17.2 Å². The first-order valence-electron chi connectivity index (χ1n) is 11.3. The van der Waals surface area contributed by atoms with Crippen LogP contribution in [0.25, 0.3) is 0 Å². The van der Waals surface area contributed by atoms with Crippen molar-refractivity contribution in [3.8, 4) is 0 Å². The quantitative estimate of drug-likeness (QED) is 0.384. The summed E-state index contributed by atoms with van der Waals surface area (Å²) in [6.07, 6.45) is 4.15. The molecule has 0 saturated carbocycles. The van der Waals surface area contributed by atoms with Crippen LogP contribution in [0.3, 0.4) is 0 Å². The lowest BCUT2D eigenvalue weighted by Crippen LogP contribution is -2.56. The lowest BCUT2D eigenvalue weighted by Gasteiger charge is -2.42. The maximum absolute atomic E-state index is 13.3. The summed E-state index contributed by atoms with van der Waals surface area (Å²) in [4.78, 5) is 16.9. The van der Waals surface area contributed by atoms with E-state index in [2.05, 4.69) is 5.10 Å². The number of nitrogen functional groups attached to an aromatic ring is 1. The van der Waals surface area contributed by atoms with E-state index < -0.39 is 10.0 Å². The van der Waals surface area contributed by atoms with Crippen LogP contribution in [-0.4, -0.2) is 83.7 Å². The first-order chi connectivity index (χ1) is 16.2. The minimum absolute atomic E-state index is 0.0471. The summed E-state index contributed by atoms with van der Waals surface area (Å²) >= 11 is 0. The summed E-state index contributed by atoms with van der Waals surface area (Å²) < 4.78 is 28.7. The Kier molecular flexibility index (Phi) is 6.91. The van der Waals surface area contributed by atoms with Crippen LogP contribution in [0.15, 0.2) is 41.6 Å². The van der Waals surface area contributed by atoms with Gasteiger partial charge in [-0.15, -0.1) is 0 Å². The number of amidine groups is 1. The zero-order chi connectivity index (χ0) is 24.5. The van der Waals surface area contributed by atoms with Crippen LogP contribution < -0.4 is 10.6 Å². The molecular weight excluding hydrogens is 458 g/mol. The number of aryl methyl sites for hydroxylation is 1. The Balaban J connectivity index is 1.43. The van der Waals surface area contributed by atoms with Gasteiger partial charge in [0.15, 0.2) is 0 Å². The number of benzene rings is 1. The normalized spacial score (nSPS) is 20.6. The number of carbonyl (C=O) groups excluding carboxylic acids is 1. The van der Waals surface area contributed by atoms with Crippen LogP contribution in [0.1, 0.15) is 18.4 Å². The smallest absolute Gasteiger partial charge is 0.324 e. The van der Waals surface area contributed by atoms with Crippen LogP contribution in [-0.2, 0) is 17.1 Å². The molecule has 12 heteroatoms. The summed E-state index contributed by atoms with van der Waals surface area (Å²) in [5.41, 5.74) is 6.78. The van der Waals surface area contributed by atoms with Crippen LogP contribution >= 0.6 is 0 Å². The zero-order valence-corrected chi connectivity index (χ0v) is 20.0.